The van der Waals surface area contributed by atoms with E-state index in [9.17, 15) is 0 Å². The first-order valence-electron chi connectivity index (χ1n) is 5.17. The first kappa shape index (κ1) is 12.2. The highest BCUT2D eigenvalue weighted by molar-refractivity contribution is 7.98. The SMILES string of the molecule is CSCCCNCC#Cc1ccccc1. The van der Waals surface area contributed by atoms with Crippen molar-refractivity contribution in [1.29, 1.82) is 0 Å². The van der Waals surface area contributed by atoms with Gasteiger partial charge in [0, 0.05) is 5.56 Å². The summed E-state index contributed by atoms with van der Waals surface area (Å²) in [6.45, 7) is 1.84. The Hall–Kier alpha value is -0.910. The predicted octanol–water partition coefficient (Wildman–Crippen LogP) is 2.38. The maximum atomic E-state index is 3.30. The summed E-state index contributed by atoms with van der Waals surface area (Å²) < 4.78 is 0. The second-order valence-corrected chi connectivity index (χ2v) is 4.18. The molecule has 2 heteroatoms. The molecule has 0 aliphatic carbocycles. The Bertz CT molecular complexity index is 310. The number of nitrogens with one attached hydrogen (secondary N) is 1. The van der Waals surface area contributed by atoms with Gasteiger partial charge in [-0.3, -0.25) is 0 Å². The molecule has 1 rings (SSSR count). The lowest BCUT2D eigenvalue weighted by atomic mass is 10.2. The van der Waals surface area contributed by atoms with Gasteiger partial charge in [-0.15, -0.1) is 0 Å². The smallest absolute Gasteiger partial charge is 0.0580 e. The molecule has 0 saturated carbocycles. The highest BCUT2D eigenvalue weighted by atomic mass is 32.2. The van der Waals surface area contributed by atoms with Crippen LogP contribution in [0.2, 0.25) is 0 Å². The topological polar surface area (TPSA) is 12.0 Å². The Balaban J connectivity index is 2.12. The van der Waals surface area contributed by atoms with Gasteiger partial charge in [-0.25, -0.2) is 0 Å². The largest absolute Gasteiger partial charge is 0.306 e. The van der Waals surface area contributed by atoms with Gasteiger partial charge in [-0.05, 0) is 37.1 Å². The zero-order valence-corrected chi connectivity index (χ0v) is 9.94. The molecule has 0 fully saturated rings. The van der Waals surface area contributed by atoms with E-state index >= 15 is 0 Å². The highest BCUT2D eigenvalue weighted by Crippen LogP contribution is 1.94. The van der Waals surface area contributed by atoms with Crippen LogP contribution in [0.5, 0.6) is 0 Å². The van der Waals surface area contributed by atoms with E-state index in [1.54, 1.807) is 0 Å². The Labute approximate surface area is 96.7 Å². The molecule has 0 aromatic heterocycles. The summed E-state index contributed by atoms with van der Waals surface area (Å²) in [6.07, 6.45) is 3.35. The molecule has 0 aliphatic heterocycles. The maximum absolute atomic E-state index is 3.30. The molecule has 1 aromatic carbocycles. The molecule has 0 bridgehead atoms. The Morgan fingerprint density at radius 2 is 2.07 bits per heavy atom. The van der Waals surface area contributed by atoms with Crippen LogP contribution in [0, 0.1) is 11.8 Å². The van der Waals surface area contributed by atoms with Crippen molar-refractivity contribution in [2.45, 2.75) is 6.42 Å². The monoisotopic (exact) mass is 219 g/mol. The minimum Gasteiger partial charge on any atom is -0.306 e. The predicted molar refractivity (Wildman–Crippen MR) is 69.2 cm³/mol. The van der Waals surface area contributed by atoms with Gasteiger partial charge in [-0.1, -0.05) is 30.0 Å². The Morgan fingerprint density at radius 1 is 1.27 bits per heavy atom. The fourth-order valence-electron chi connectivity index (χ4n) is 1.16. The number of benzene rings is 1. The molecule has 1 nitrogen and oxygen atoms in total. The van der Waals surface area contributed by atoms with Crippen molar-refractivity contribution < 1.29 is 0 Å². The van der Waals surface area contributed by atoms with E-state index in [0.717, 1.165) is 18.7 Å². The van der Waals surface area contributed by atoms with E-state index in [0.29, 0.717) is 0 Å². The Kier molecular flexibility index (Phi) is 6.81. The van der Waals surface area contributed by atoms with E-state index in [-0.39, 0.29) is 0 Å². The third kappa shape index (κ3) is 6.22. The number of hydrogen-bond donors (Lipinski definition) is 1. The molecule has 1 aromatic rings. The van der Waals surface area contributed by atoms with Crippen molar-refractivity contribution in [1.82, 2.24) is 5.32 Å². The highest BCUT2D eigenvalue weighted by Gasteiger charge is 1.84. The van der Waals surface area contributed by atoms with Crippen LogP contribution < -0.4 is 5.32 Å². The van der Waals surface area contributed by atoms with Crippen molar-refractivity contribution in [3.05, 3.63) is 35.9 Å². The standard InChI is InChI=1S/C13H17NS/c1-15-12-6-11-14-10-5-9-13-7-3-2-4-8-13/h2-4,7-8,14H,6,10-12H2,1H3. The van der Waals surface area contributed by atoms with E-state index in [4.69, 9.17) is 0 Å². The average molecular weight is 219 g/mol. The summed E-state index contributed by atoms with van der Waals surface area (Å²) in [4.78, 5) is 0. The third-order valence-corrected chi connectivity index (χ3v) is 2.62. The van der Waals surface area contributed by atoms with Crippen LogP contribution in [0.1, 0.15) is 12.0 Å². The molecule has 0 unspecified atom stereocenters. The van der Waals surface area contributed by atoms with Crippen molar-refractivity contribution in [3.8, 4) is 11.8 Å². The second kappa shape index (κ2) is 8.40. The molecular weight excluding hydrogens is 202 g/mol. The average Bonchev–Trinajstić information content (AvgIpc) is 2.29. The fraction of sp³-hybridized carbons (Fsp3) is 0.385. The van der Waals surface area contributed by atoms with Crippen molar-refractivity contribution >= 4 is 11.8 Å². The van der Waals surface area contributed by atoms with Crippen LogP contribution in [0.3, 0.4) is 0 Å². The van der Waals surface area contributed by atoms with Crippen LogP contribution in [0.25, 0.3) is 0 Å². The van der Waals surface area contributed by atoms with Gasteiger partial charge in [0.1, 0.15) is 0 Å². The lowest BCUT2D eigenvalue weighted by Gasteiger charge is -1.97. The maximum Gasteiger partial charge on any atom is 0.0580 e. The van der Waals surface area contributed by atoms with Crippen LogP contribution in [-0.2, 0) is 0 Å². The molecular formula is C13H17NS. The molecule has 1 N–H and O–H groups in total. The van der Waals surface area contributed by atoms with Crippen molar-refractivity contribution in [3.63, 3.8) is 0 Å². The Morgan fingerprint density at radius 3 is 2.80 bits per heavy atom. The first-order valence-corrected chi connectivity index (χ1v) is 6.56. The normalized spacial score (nSPS) is 9.40. The summed E-state index contributed by atoms with van der Waals surface area (Å²) in [5.74, 6) is 7.45. The minimum atomic E-state index is 0.781. The fourth-order valence-corrected chi connectivity index (χ4v) is 1.59. The minimum absolute atomic E-state index is 0.781. The van der Waals surface area contributed by atoms with E-state index in [1.165, 1.54) is 12.2 Å². The van der Waals surface area contributed by atoms with Crippen LogP contribution in [0.15, 0.2) is 30.3 Å². The molecule has 15 heavy (non-hydrogen) atoms. The first-order chi connectivity index (χ1) is 7.43. The molecule has 0 heterocycles. The quantitative estimate of drug-likeness (QED) is 0.603. The van der Waals surface area contributed by atoms with Gasteiger partial charge in [0.2, 0.25) is 0 Å². The van der Waals surface area contributed by atoms with Gasteiger partial charge in [0.05, 0.1) is 6.54 Å². The van der Waals surface area contributed by atoms with E-state index in [1.807, 2.05) is 42.1 Å². The van der Waals surface area contributed by atoms with Crippen LogP contribution >= 0.6 is 11.8 Å². The van der Waals surface area contributed by atoms with Crippen molar-refractivity contribution in [2.75, 3.05) is 25.1 Å². The molecule has 80 valence electrons. The van der Waals surface area contributed by atoms with E-state index < -0.39 is 0 Å². The molecule has 0 aliphatic rings. The van der Waals surface area contributed by atoms with Gasteiger partial charge < -0.3 is 5.32 Å². The van der Waals surface area contributed by atoms with Crippen LogP contribution in [0.4, 0.5) is 0 Å². The van der Waals surface area contributed by atoms with Crippen molar-refractivity contribution in [2.24, 2.45) is 0 Å². The molecule has 0 radical (unpaired) electrons. The lowest BCUT2D eigenvalue weighted by Crippen LogP contribution is -2.15. The van der Waals surface area contributed by atoms with Gasteiger partial charge in [-0.2, -0.15) is 11.8 Å². The summed E-state index contributed by atoms with van der Waals surface area (Å²) in [5.41, 5.74) is 1.09. The molecule has 0 saturated heterocycles. The molecule has 0 atom stereocenters. The number of rotatable bonds is 5. The summed E-state index contributed by atoms with van der Waals surface area (Å²) >= 11 is 1.89. The second-order valence-electron chi connectivity index (χ2n) is 3.19. The zero-order valence-electron chi connectivity index (χ0n) is 9.12. The van der Waals surface area contributed by atoms with Crippen LogP contribution in [-0.4, -0.2) is 25.1 Å². The zero-order chi connectivity index (χ0) is 10.8. The van der Waals surface area contributed by atoms with Gasteiger partial charge in [0.25, 0.3) is 0 Å². The van der Waals surface area contributed by atoms with Gasteiger partial charge in [0.15, 0.2) is 0 Å². The molecule has 0 spiro atoms. The summed E-state index contributed by atoms with van der Waals surface area (Å²) in [7, 11) is 0. The lowest BCUT2D eigenvalue weighted by molar-refractivity contribution is 0.742. The summed E-state index contributed by atoms with van der Waals surface area (Å²) in [6, 6.07) is 10.1. The number of hydrogen-bond acceptors (Lipinski definition) is 2. The van der Waals surface area contributed by atoms with E-state index in [2.05, 4.69) is 23.4 Å². The molecule has 0 amide bonds. The van der Waals surface area contributed by atoms with Gasteiger partial charge >= 0.3 is 0 Å². The number of thioether (sulfide) groups is 1. The third-order valence-electron chi connectivity index (χ3n) is 1.92. The summed E-state index contributed by atoms with van der Waals surface area (Å²) in [5, 5.41) is 3.30.